The number of esters is 2. The Hall–Kier alpha value is -2.19. The second-order valence-corrected chi connectivity index (χ2v) is 18.7. The molecular weight excluding hydrogens is 840 g/mol. The van der Waals surface area contributed by atoms with Crippen LogP contribution in [0, 0.1) is 0 Å². The third kappa shape index (κ3) is 31.7. The smallest absolute Gasteiger partial charge is 0.462 e. The van der Waals surface area contributed by atoms with Crippen molar-refractivity contribution in [2.75, 3.05) is 13.2 Å². The van der Waals surface area contributed by atoms with Crippen molar-refractivity contribution in [1.29, 1.82) is 0 Å². The number of hydrogen-bond acceptors (Lipinski definition) is 12. The van der Waals surface area contributed by atoms with Gasteiger partial charge in [-0.25, -0.2) is 4.57 Å². The molecule has 0 radical (unpaired) electrons. The van der Waals surface area contributed by atoms with Crippen LogP contribution in [-0.2, 0) is 32.7 Å². The summed E-state index contributed by atoms with van der Waals surface area (Å²) in [6.45, 7) is 3.20. The summed E-state index contributed by atoms with van der Waals surface area (Å²) in [5, 5.41) is 50.2. The number of unbranched alkanes of at least 4 members (excludes halogenated alkanes) is 21. The Kier molecular flexibility index (Phi) is 37.3. The average molecular weight is 929 g/mol. The summed E-state index contributed by atoms with van der Waals surface area (Å²) in [6.07, 6.45) is 34.4. The predicted octanol–water partition coefficient (Wildman–Crippen LogP) is 10.3. The minimum Gasteiger partial charge on any atom is -0.462 e. The second kappa shape index (κ2) is 39.9. The van der Waals surface area contributed by atoms with Gasteiger partial charge in [0.25, 0.3) is 0 Å². The zero-order chi connectivity index (χ0) is 47.1. The molecule has 64 heavy (non-hydrogen) atoms. The Morgan fingerprint density at radius 3 is 1.36 bits per heavy atom. The van der Waals surface area contributed by atoms with E-state index in [-0.39, 0.29) is 12.8 Å². The highest BCUT2D eigenvalue weighted by molar-refractivity contribution is 7.47. The highest BCUT2D eigenvalue weighted by atomic mass is 31.2. The summed E-state index contributed by atoms with van der Waals surface area (Å²) in [5.74, 6) is -1.10. The van der Waals surface area contributed by atoms with E-state index in [4.69, 9.17) is 18.5 Å². The number of aliphatic hydroxyl groups excluding tert-OH is 5. The molecular formula is C50H89O13P. The van der Waals surface area contributed by atoms with Crippen LogP contribution in [0.15, 0.2) is 48.6 Å². The minimum atomic E-state index is -5.12. The van der Waals surface area contributed by atoms with Crippen LogP contribution in [0.4, 0.5) is 0 Å². The first kappa shape index (κ1) is 59.8. The summed E-state index contributed by atoms with van der Waals surface area (Å²) in [4.78, 5) is 35.8. The lowest BCUT2D eigenvalue weighted by molar-refractivity contribution is -0.220. The lowest BCUT2D eigenvalue weighted by Crippen LogP contribution is -2.64. The Bertz CT molecular complexity index is 1300. The molecule has 14 heteroatoms. The molecule has 0 aromatic heterocycles. The topological polar surface area (TPSA) is 210 Å². The molecule has 0 saturated heterocycles. The van der Waals surface area contributed by atoms with E-state index in [1.807, 2.05) is 0 Å². The molecule has 0 aromatic rings. The minimum absolute atomic E-state index is 0.0875. The molecule has 1 fully saturated rings. The van der Waals surface area contributed by atoms with Gasteiger partial charge in [0, 0.05) is 12.8 Å². The largest absolute Gasteiger partial charge is 0.472 e. The number of carbonyl (C=O) groups excluding carboxylic acids is 2. The molecule has 0 bridgehead atoms. The molecule has 13 nitrogen and oxygen atoms in total. The third-order valence-electron chi connectivity index (χ3n) is 11.4. The van der Waals surface area contributed by atoms with Crippen molar-refractivity contribution < 1.29 is 63.1 Å². The first-order chi connectivity index (χ1) is 30.9. The van der Waals surface area contributed by atoms with Gasteiger partial charge in [0.05, 0.1) is 6.61 Å². The van der Waals surface area contributed by atoms with Crippen LogP contribution < -0.4 is 0 Å². The number of phosphoric acid groups is 1. The monoisotopic (exact) mass is 929 g/mol. The molecule has 6 atom stereocenters. The van der Waals surface area contributed by atoms with Crippen molar-refractivity contribution >= 4 is 19.8 Å². The Morgan fingerprint density at radius 1 is 0.500 bits per heavy atom. The fourth-order valence-corrected chi connectivity index (χ4v) is 8.43. The fourth-order valence-electron chi connectivity index (χ4n) is 7.46. The highest BCUT2D eigenvalue weighted by Gasteiger charge is 2.51. The van der Waals surface area contributed by atoms with Gasteiger partial charge < -0.3 is 39.9 Å². The van der Waals surface area contributed by atoms with Crippen molar-refractivity contribution in [3.8, 4) is 0 Å². The molecule has 1 saturated carbocycles. The molecule has 1 aliphatic rings. The predicted molar refractivity (Wildman–Crippen MR) is 253 cm³/mol. The molecule has 6 N–H and O–H groups in total. The van der Waals surface area contributed by atoms with E-state index in [2.05, 4.69) is 62.5 Å². The van der Waals surface area contributed by atoms with E-state index in [1.54, 1.807) is 0 Å². The zero-order valence-corrected chi connectivity index (χ0v) is 40.5. The lowest BCUT2D eigenvalue weighted by Gasteiger charge is -2.41. The number of carbonyl (C=O) groups is 2. The van der Waals surface area contributed by atoms with Gasteiger partial charge in [-0.1, -0.05) is 184 Å². The van der Waals surface area contributed by atoms with Gasteiger partial charge in [-0.15, -0.1) is 0 Å². The van der Waals surface area contributed by atoms with Crippen molar-refractivity contribution in [3.63, 3.8) is 0 Å². The van der Waals surface area contributed by atoms with Gasteiger partial charge in [0.1, 0.15) is 43.2 Å². The number of ether oxygens (including phenoxy) is 2. The van der Waals surface area contributed by atoms with E-state index in [9.17, 15) is 44.6 Å². The van der Waals surface area contributed by atoms with E-state index < -0.39 is 75.7 Å². The van der Waals surface area contributed by atoms with Gasteiger partial charge in [-0.2, -0.15) is 0 Å². The quantitative estimate of drug-likeness (QED) is 0.0146. The van der Waals surface area contributed by atoms with Crippen LogP contribution in [-0.4, -0.2) is 98.3 Å². The van der Waals surface area contributed by atoms with Gasteiger partial charge in [-0.3, -0.25) is 18.6 Å². The van der Waals surface area contributed by atoms with Crippen LogP contribution in [0.25, 0.3) is 0 Å². The molecule has 0 heterocycles. The maximum absolute atomic E-state index is 12.8. The SMILES string of the molecule is CC/C=C\C/C=C\C/C=C\C/C=C\CCCCCCCCCCC(=O)OC(COC(=O)CCCCCCCCCCCCCCCC)COP(=O)(O)OC1C(O)C(O)C(O)C(O)C1O. The van der Waals surface area contributed by atoms with Gasteiger partial charge >= 0.3 is 19.8 Å². The van der Waals surface area contributed by atoms with Crippen LogP contribution >= 0.6 is 7.82 Å². The molecule has 0 aliphatic heterocycles. The van der Waals surface area contributed by atoms with Gasteiger partial charge in [0.15, 0.2) is 6.10 Å². The maximum Gasteiger partial charge on any atom is 0.472 e. The van der Waals surface area contributed by atoms with Crippen LogP contribution in [0.3, 0.4) is 0 Å². The Balaban J connectivity index is 2.41. The molecule has 0 spiro atoms. The van der Waals surface area contributed by atoms with Crippen molar-refractivity contribution in [2.24, 2.45) is 0 Å². The van der Waals surface area contributed by atoms with Crippen molar-refractivity contribution in [3.05, 3.63) is 48.6 Å². The van der Waals surface area contributed by atoms with Crippen molar-refractivity contribution in [2.45, 2.75) is 243 Å². The standard InChI is InChI=1S/C50H89O13P/c1-3-5-7-9-11-13-15-17-19-20-21-22-23-24-25-27-29-31-33-35-37-39-44(52)62-42(41-61-64(58,59)63-50-48(56)46(54)45(53)47(55)49(50)57)40-60-43(51)38-36-34-32-30-28-26-18-16-14-12-10-8-6-4-2/h5,7,11,13,17,19,21-22,42,45-50,53-57H,3-4,6,8-10,12,14-16,18,20,23-41H2,1-2H3,(H,58,59)/b7-5-,13-11-,19-17-,22-21-. The number of phosphoric ester groups is 1. The lowest BCUT2D eigenvalue weighted by atomic mass is 9.85. The first-order valence-corrected chi connectivity index (χ1v) is 26.4. The maximum atomic E-state index is 12.8. The van der Waals surface area contributed by atoms with Crippen molar-refractivity contribution in [1.82, 2.24) is 0 Å². The van der Waals surface area contributed by atoms with E-state index in [1.165, 1.54) is 77.0 Å². The van der Waals surface area contributed by atoms with Gasteiger partial charge in [0.2, 0.25) is 0 Å². The summed E-state index contributed by atoms with van der Waals surface area (Å²) in [6, 6.07) is 0. The number of hydrogen-bond donors (Lipinski definition) is 6. The summed E-state index contributed by atoms with van der Waals surface area (Å²) < 4.78 is 33.6. The highest BCUT2D eigenvalue weighted by Crippen LogP contribution is 2.47. The molecule has 1 rings (SSSR count). The Morgan fingerprint density at radius 2 is 0.891 bits per heavy atom. The first-order valence-electron chi connectivity index (χ1n) is 24.9. The van der Waals surface area contributed by atoms with E-state index in [0.29, 0.717) is 12.8 Å². The zero-order valence-electron chi connectivity index (χ0n) is 39.6. The van der Waals surface area contributed by atoms with E-state index in [0.717, 1.165) is 83.5 Å². The Labute approximate surface area is 386 Å². The van der Waals surface area contributed by atoms with Gasteiger partial charge in [-0.05, 0) is 51.4 Å². The molecule has 1 aliphatic carbocycles. The van der Waals surface area contributed by atoms with Crippen LogP contribution in [0.2, 0.25) is 0 Å². The molecule has 6 unspecified atom stereocenters. The fraction of sp³-hybridized carbons (Fsp3) is 0.800. The number of aliphatic hydroxyl groups is 5. The molecule has 0 aromatic carbocycles. The summed E-state index contributed by atoms with van der Waals surface area (Å²) >= 11 is 0. The third-order valence-corrected chi connectivity index (χ3v) is 12.4. The average Bonchev–Trinajstić information content (AvgIpc) is 3.28. The summed E-state index contributed by atoms with van der Waals surface area (Å²) in [7, 11) is -5.12. The van der Waals surface area contributed by atoms with E-state index >= 15 is 0 Å². The normalized spacial score (nSPS) is 21.9. The molecule has 0 amide bonds. The number of allylic oxidation sites excluding steroid dienone is 8. The van der Waals surface area contributed by atoms with Crippen LogP contribution in [0.1, 0.15) is 200 Å². The summed E-state index contributed by atoms with van der Waals surface area (Å²) in [5.41, 5.74) is 0. The molecule has 372 valence electrons. The second-order valence-electron chi connectivity index (χ2n) is 17.3. The van der Waals surface area contributed by atoms with Crippen LogP contribution in [0.5, 0.6) is 0 Å². The number of rotatable bonds is 41.